The Balaban J connectivity index is 3.10. The van der Waals surface area contributed by atoms with Crippen LogP contribution in [0.2, 0.25) is 0 Å². The Kier molecular flexibility index (Phi) is 3.34. The number of anilines is 2. The van der Waals surface area contributed by atoms with Crippen LogP contribution >= 0.6 is 0 Å². The first-order valence-corrected chi connectivity index (χ1v) is 4.51. The molecule has 0 fully saturated rings. The van der Waals surface area contributed by atoms with Crippen molar-refractivity contribution in [2.75, 3.05) is 10.6 Å². The third-order valence-corrected chi connectivity index (χ3v) is 1.74. The lowest BCUT2D eigenvalue weighted by atomic mass is 10.2. The number of amides is 2. The van der Waals surface area contributed by atoms with Gasteiger partial charge in [-0.2, -0.15) is 0 Å². The first-order valence-electron chi connectivity index (χ1n) is 4.51. The molecule has 0 saturated carbocycles. The van der Waals surface area contributed by atoms with E-state index in [-0.39, 0.29) is 34.7 Å². The Morgan fingerprint density at radius 2 is 1.31 bits per heavy atom. The van der Waals surface area contributed by atoms with Gasteiger partial charge in [-0.25, -0.2) is 0 Å². The number of carbonyl (C=O) groups excluding carboxylic acids is 2. The average molecular weight is 224 g/mol. The van der Waals surface area contributed by atoms with E-state index in [1.165, 1.54) is 19.9 Å². The topological polar surface area (TPSA) is 98.7 Å². The summed E-state index contributed by atoms with van der Waals surface area (Å²) >= 11 is 0. The zero-order valence-corrected chi connectivity index (χ0v) is 8.87. The number of benzene rings is 1. The molecule has 0 aliphatic heterocycles. The van der Waals surface area contributed by atoms with E-state index >= 15 is 0 Å². The first kappa shape index (κ1) is 11.8. The molecule has 6 nitrogen and oxygen atoms in total. The van der Waals surface area contributed by atoms with E-state index < -0.39 is 0 Å². The van der Waals surface area contributed by atoms with Crippen molar-refractivity contribution in [2.45, 2.75) is 13.8 Å². The fraction of sp³-hybridized carbons (Fsp3) is 0.200. The molecule has 6 heteroatoms. The lowest BCUT2D eigenvalue weighted by Crippen LogP contribution is -2.09. The molecule has 4 N–H and O–H groups in total. The summed E-state index contributed by atoms with van der Waals surface area (Å²) in [5, 5.41) is 23.5. The van der Waals surface area contributed by atoms with Gasteiger partial charge in [0.1, 0.15) is 11.5 Å². The summed E-state index contributed by atoms with van der Waals surface area (Å²) in [5.74, 6) is -1.28. The molecular weight excluding hydrogens is 212 g/mol. The lowest BCUT2D eigenvalue weighted by molar-refractivity contribution is -0.115. The van der Waals surface area contributed by atoms with Crippen molar-refractivity contribution in [3.05, 3.63) is 12.1 Å². The van der Waals surface area contributed by atoms with Crippen molar-refractivity contribution in [3.63, 3.8) is 0 Å². The van der Waals surface area contributed by atoms with Gasteiger partial charge in [-0.05, 0) is 6.07 Å². The Morgan fingerprint density at radius 1 is 0.938 bits per heavy atom. The molecule has 86 valence electrons. The monoisotopic (exact) mass is 224 g/mol. The van der Waals surface area contributed by atoms with Crippen molar-refractivity contribution >= 4 is 23.2 Å². The van der Waals surface area contributed by atoms with Crippen LogP contribution in [-0.2, 0) is 9.59 Å². The van der Waals surface area contributed by atoms with Gasteiger partial charge in [-0.1, -0.05) is 0 Å². The Labute approximate surface area is 91.9 Å². The summed E-state index contributed by atoms with van der Waals surface area (Å²) in [6, 6.07) is 2.31. The predicted molar refractivity (Wildman–Crippen MR) is 58.4 cm³/mol. The van der Waals surface area contributed by atoms with Gasteiger partial charge in [0.05, 0.1) is 11.4 Å². The number of nitrogens with one attached hydrogen (secondary N) is 2. The minimum absolute atomic E-state index is 0.119. The third kappa shape index (κ3) is 2.88. The van der Waals surface area contributed by atoms with Gasteiger partial charge in [0.25, 0.3) is 0 Å². The summed E-state index contributed by atoms with van der Waals surface area (Å²) < 4.78 is 0. The molecule has 0 heterocycles. The molecule has 0 bridgehead atoms. The Morgan fingerprint density at radius 3 is 1.62 bits per heavy atom. The molecule has 0 unspecified atom stereocenters. The molecule has 0 spiro atoms. The van der Waals surface area contributed by atoms with Gasteiger partial charge in [0.15, 0.2) is 0 Å². The number of rotatable bonds is 2. The molecule has 16 heavy (non-hydrogen) atoms. The number of phenols is 2. The predicted octanol–water partition coefficient (Wildman–Crippen LogP) is 1.01. The van der Waals surface area contributed by atoms with Gasteiger partial charge >= 0.3 is 0 Å². The summed E-state index contributed by atoms with van der Waals surface area (Å²) in [6.07, 6.45) is 0. The summed E-state index contributed by atoms with van der Waals surface area (Å²) in [7, 11) is 0. The normalized spacial score (nSPS) is 9.62. The van der Waals surface area contributed by atoms with Gasteiger partial charge in [-0.15, -0.1) is 0 Å². The number of carbonyl (C=O) groups is 2. The summed E-state index contributed by atoms with van der Waals surface area (Å²) in [5.41, 5.74) is 0.239. The van der Waals surface area contributed by atoms with E-state index in [0.717, 1.165) is 6.07 Å². The van der Waals surface area contributed by atoms with Crippen molar-refractivity contribution in [2.24, 2.45) is 0 Å². The van der Waals surface area contributed by atoms with Crippen molar-refractivity contribution in [1.29, 1.82) is 0 Å². The van der Waals surface area contributed by atoms with E-state index in [1.54, 1.807) is 0 Å². The van der Waals surface area contributed by atoms with Gasteiger partial charge in [0.2, 0.25) is 11.8 Å². The van der Waals surface area contributed by atoms with Crippen LogP contribution in [0.4, 0.5) is 11.4 Å². The second-order valence-corrected chi connectivity index (χ2v) is 3.25. The minimum Gasteiger partial charge on any atom is -0.506 e. The molecule has 1 aromatic rings. The summed E-state index contributed by atoms with van der Waals surface area (Å²) in [4.78, 5) is 21.6. The zero-order chi connectivity index (χ0) is 12.3. The third-order valence-electron chi connectivity index (χ3n) is 1.74. The maximum Gasteiger partial charge on any atom is 0.221 e. The Bertz CT molecular complexity index is 405. The van der Waals surface area contributed by atoms with E-state index in [9.17, 15) is 19.8 Å². The molecule has 0 saturated heterocycles. The van der Waals surface area contributed by atoms with Crippen LogP contribution in [0.3, 0.4) is 0 Å². The molecule has 2 amide bonds. The smallest absolute Gasteiger partial charge is 0.221 e. The molecule has 1 aromatic carbocycles. The molecule has 0 aromatic heterocycles. The van der Waals surface area contributed by atoms with Crippen LogP contribution in [0.1, 0.15) is 13.8 Å². The largest absolute Gasteiger partial charge is 0.506 e. The molecule has 0 radical (unpaired) electrons. The second kappa shape index (κ2) is 4.52. The highest BCUT2D eigenvalue weighted by molar-refractivity contribution is 5.95. The molecule has 1 rings (SSSR count). The van der Waals surface area contributed by atoms with Gasteiger partial charge in [0, 0.05) is 19.9 Å². The maximum absolute atomic E-state index is 10.8. The molecular formula is C10H12N2O4. The quantitative estimate of drug-likeness (QED) is 0.445. The van der Waals surface area contributed by atoms with Crippen molar-refractivity contribution in [1.82, 2.24) is 0 Å². The first-order chi connectivity index (χ1) is 7.40. The zero-order valence-electron chi connectivity index (χ0n) is 8.87. The van der Waals surface area contributed by atoms with E-state index in [2.05, 4.69) is 10.6 Å². The number of hydrogen-bond donors (Lipinski definition) is 4. The molecule has 0 atom stereocenters. The minimum atomic E-state index is -0.366. The number of aromatic hydroxyl groups is 2. The summed E-state index contributed by atoms with van der Waals surface area (Å²) in [6.45, 7) is 2.56. The average Bonchev–Trinajstić information content (AvgIpc) is 2.11. The van der Waals surface area contributed by atoms with Crippen LogP contribution in [0.5, 0.6) is 11.5 Å². The van der Waals surface area contributed by atoms with Crippen LogP contribution < -0.4 is 10.6 Å². The van der Waals surface area contributed by atoms with Crippen LogP contribution in [0, 0.1) is 0 Å². The van der Waals surface area contributed by atoms with Crippen molar-refractivity contribution < 1.29 is 19.8 Å². The SMILES string of the molecule is CC(=O)Nc1cc(NC(C)=O)c(O)cc1O. The highest BCUT2D eigenvalue weighted by Crippen LogP contribution is 2.34. The van der Waals surface area contributed by atoms with Gasteiger partial charge in [-0.3, -0.25) is 9.59 Å². The Hall–Kier alpha value is -2.24. The maximum atomic E-state index is 10.8. The highest BCUT2D eigenvalue weighted by Gasteiger charge is 2.10. The molecule has 0 aliphatic rings. The van der Waals surface area contributed by atoms with E-state index in [0.29, 0.717) is 0 Å². The fourth-order valence-electron chi connectivity index (χ4n) is 1.16. The van der Waals surface area contributed by atoms with Crippen molar-refractivity contribution in [3.8, 4) is 11.5 Å². The van der Waals surface area contributed by atoms with Crippen LogP contribution in [-0.4, -0.2) is 22.0 Å². The van der Waals surface area contributed by atoms with Crippen LogP contribution in [0.25, 0.3) is 0 Å². The van der Waals surface area contributed by atoms with E-state index in [4.69, 9.17) is 0 Å². The van der Waals surface area contributed by atoms with E-state index in [1.807, 2.05) is 0 Å². The molecule has 0 aliphatic carbocycles. The lowest BCUT2D eigenvalue weighted by Gasteiger charge is -2.10. The highest BCUT2D eigenvalue weighted by atomic mass is 16.3. The van der Waals surface area contributed by atoms with Gasteiger partial charge < -0.3 is 20.8 Å². The number of phenolic OH excluding ortho intramolecular Hbond substituents is 2. The standard InChI is InChI=1S/C10H12N2O4/c1-5(13)11-7-3-8(12-6(2)14)10(16)4-9(7)15/h3-4,15-16H,1-2H3,(H,11,13)(H,12,14). The second-order valence-electron chi connectivity index (χ2n) is 3.25. The van der Waals surface area contributed by atoms with Crippen LogP contribution in [0.15, 0.2) is 12.1 Å². The number of hydrogen-bond acceptors (Lipinski definition) is 4. The fourth-order valence-corrected chi connectivity index (χ4v) is 1.16.